The summed E-state index contributed by atoms with van der Waals surface area (Å²) < 4.78 is 1.40. The Morgan fingerprint density at radius 1 is 1.53 bits per heavy atom. The summed E-state index contributed by atoms with van der Waals surface area (Å²) in [5, 5.41) is 12.4. The Morgan fingerprint density at radius 2 is 2.24 bits per heavy atom. The second-order valence-corrected chi connectivity index (χ2v) is 4.26. The second-order valence-electron chi connectivity index (χ2n) is 4.26. The van der Waals surface area contributed by atoms with E-state index in [1.807, 2.05) is 6.07 Å². The van der Waals surface area contributed by atoms with Crippen LogP contribution >= 0.6 is 0 Å². The van der Waals surface area contributed by atoms with Crippen molar-refractivity contribution in [1.82, 2.24) is 9.78 Å². The fourth-order valence-corrected chi connectivity index (χ4v) is 1.90. The van der Waals surface area contributed by atoms with Gasteiger partial charge in [0.15, 0.2) is 0 Å². The van der Waals surface area contributed by atoms with E-state index in [9.17, 15) is 9.59 Å². The molecule has 1 aromatic heterocycles. The fraction of sp³-hybridized carbons (Fsp3) is 0.333. The molecule has 0 saturated heterocycles. The zero-order valence-corrected chi connectivity index (χ0v) is 9.73. The number of carbonyl (C=O) groups is 1. The molecule has 1 unspecified atom stereocenters. The van der Waals surface area contributed by atoms with Crippen LogP contribution in [0.3, 0.4) is 0 Å². The number of nitrogens with one attached hydrogen (secondary N) is 1. The number of aliphatic carboxylic acids is 1. The number of aromatic nitrogens is 2. The van der Waals surface area contributed by atoms with E-state index in [4.69, 9.17) is 5.11 Å². The topological polar surface area (TPSA) is 75.1 Å². The van der Waals surface area contributed by atoms with Gasteiger partial charge in [0.05, 0.1) is 16.8 Å². The number of aromatic amines is 1. The summed E-state index contributed by atoms with van der Waals surface area (Å²) >= 11 is 0. The molecule has 0 spiro atoms. The Labute approximate surface area is 97.7 Å². The third-order valence-corrected chi connectivity index (χ3v) is 2.91. The second kappa shape index (κ2) is 4.08. The molecule has 90 valence electrons. The number of benzene rings is 1. The summed E-state index contributed by atoms with van der Waals surface area (Å²) in [7, 11) is 1.65. The number of hydrogen-bond donors (Lipinski definition) is 2. The number of carboxylic acids is 1. The molecule has 0 saturated carbocycles. The summed E-state index contributed by atoms with van der Waals surface area (Å²) in [6, 6.07) is 5.36. The zero-order valence-electron chi connectivity index (χ0n) is 9.73. The van der Waals surface area contributed by atoms with Crippen LogP contribution in [0, 0.1) is 5.92 Å². The fourth-order valence-electron chi connectivity index (χ4n) is 1.90. The van der Waals surface area contributed by atoms with Crippen LogP contribution < -0.4 is 5.56 Å². The highest BCUT2D eigenvalue weighted by atomic mass is 16.4. The molecule has 0 fully saturated rings. The summed E-state index contributed by atoms with van der Waals surface area (Å²) in [5.74, 6) is -1.30. The van der Waals surface area contributed by atoms with Gasteiger partial charge in [-0.2, -0.15) is 0 Å². The third kappa shape index (κ3) is 1.95. The summed E-state index contributed by atoms with van der Waals surface area (Å²) in [5.41, 5.74) is 1.49. The molecule has 0 bridgehead atoms. The first-order chi connectivity index (χ1) is 8.00. The van der Waals surface area contributed by atoms with Crippen molar-refractivity contribution in [3.63, 3.8) is 0 Å². The monoisotopic (exact) mass is 234 g/mol. The van der Waals surface area contributed by atoms with E-state index in [1.165, 1.54) is 4.68 Å². The van der Waals surface area contributed by atoms with Crippen molar-refractivity contribution in [2.75, 3.05) is 0 Å². The van der Waals surface area contributed by atoms with Crippen molar-refractivity contribution >= 4 is 16.9 Å². The van der Waals surface area contributed by atoms with Gasteiger partial charge in [-0.1, -0.05) is 19.1 Å². The molecule has 1 heterocycles. The predicted octanol–water partition coefficient (Wildman–Crippen LogP) is 1.13. The van der Waals surface area contributed by atoms with Crippen LogP contribution in [0.15, 0.2) is 23.0 Å². The molecule has 5 nitrogen and oxygen atoms in total. The lowest BCUT2D eigenvalue weighted by Gasteiger charge is -2.06. The molecule has 0 aliphatic rings. The molecule has 0 aliphatic carbocycles. The first-order valence-corrected chi connectivity index (χ1v) is 5.40. The van der Waals surface area contributed by atoms with Crippen molar-refractivity contribution in [2.24, 2.45) is 13.0 Å². The van der Waals surface area contributed by atoms with E-state index < -0.39 is 11.9 Å². The van der Waals surface area contributed by atoms with Crippen molar-refractivity contribution < 1.29 is 9.90 Å². The number of carboxylic acid groups (broad SMARTS) is 1. The van der Waals surface area contributed by atoms with Crippen LogP contribution in [0.5, 0.6) is 0 Å². The van der Waals surface area contributed by atoms with Gasteiger partial charge in [-0.15, -0.1) is 0 Å². The Kier molecular flexibility index (Phi) is 2.75. The quantitative estimate of drug-likeness (QED) is 0.835. The average molecular weight is 234 g/mol. The van der Waals surface area contributed by atoms with Gasteiger partial charge >= 0.3 is 5.97 Å². The van der Waals surface area contributed by atoms with E-state index in [0.717, 1.165) is 11.1 Å². The van der Waals surface area contributed by atoms with E-state index in [-0.39, 0.29) is 5.56 Å². The van der Waals surface area contributed by atoms with Crippen LogP contribution in [0.1, 0.15) is 12.5 Å². The number of hydrogen-bond acceptors (Lipinski definition) is 2. The molecule has 2 rings (SSSR count). The predicted molar refractivity (Wildman–Crippen MR) is 64.0 cm³/mol. The Hall–Kier alpha value is -2.04. The van der Waals surface area contributed by atoms with Crippen LogP contribution in [-0.2, 0) is 18.3 Å². The number of aryl methyl sites for hydroxylation is 1. The van der Waals surface area contributed by atoms with E-state index in [1.54, 1.807) is 26.1 Å². The maximum Gasteiger partial charge on any atom is 0.306 e. The molecular formula is C12H14N2O3. The Bertz CT molecular complexity index is 624. The van der Waals surface area contributed by atoms with Crippen LogP contribution in [0.25, 0.3) is 10.9 Å². The van der Waals surface area contributed by atoms with Crippen molar-refractivity contribution in [3.05, 3.63) is 34.1 Å². The van der Waals surface area contributed by atoms with Gasteiger partial charge in [0.2, 0.25) is 0 Å². The number of H-pyrrole nitrogens is 1. The number of rotatable bonds is 3. The molecule has 2 N–H and O–H groups in total. The molecule has 17 heavy (non-hydrogen) atoms. The Morgan fingerprint density at radius 3 is 2.88 bits per heavy atom. The number of para-hydroxylation sites is 1. The summed E-state index contributed by atoms with van der Waals surface area (Å²) in [6.07, 6.45) is 0.409. The average Bonchev–Trinajstić information content (AvgIpc) is 2.57. The van der Waals surface area contributed by atoms with Crippen molar-refractivity contribution in [3.8, 4) is 0 Å². The highest BCUT2D eigenvalue weighted by Gasteiger charge is 2.15. The Balaban J connectivity index is 2.52. The first kappa shape index (κ1) is 11.4. The van der Waals surface area contributed by atoms with E-state index in [0.29, 0.717) is 11.8 Å². The minimum Gasteiger partial charge on any atom is -0.481 e. The largest absolute Gasteiger partial charge is 0.481 e. The maximum absolute atomic E-state index is 11.7. The molecule has 2 aromatic rings. The van der Waals surface area contributed by atoms with Gasteiger partial charge in [-0.25, -0.2) is 0 Å². The number of fused-ring (bicyclic) bond motifs is 1. The van der Waals surface area contributed by atoms with Gasteiger partial charge in [-0.3, -0.25) is 19.4 Å². The normalized spacial score (nSPS) is 12.8. The molecule has 0 radical (unpaired) electrons. The lowest BCUT2D eigenvalue weighted by atomic mass is 9.99. The molecule has 0 aliphatic heterocycles. The summed E-state index contributed by atoms with van der Waals surface area (Å²) in [6.45, 7) is 1.65. The zero-order chi connectivity index (χ0) is 12.6. The van der Waals surface area contributed by atoms with Gasteiger partial charge in [0.1, 0.15) is 0 Å². The molecule has 1 aromatic carbocycles. The first-order valence-electron chi connectivity index (χ1n) is 5.40. The van der Waals surface area contributed by atoms with Gasteiger partial charge in [0, 0.05) is 7.05 Å². The molecular weight excluding hydrogens is 220 g/mol. The third-order valence-electron chi connectivity index (χ3n) is 2.91. The van der Waals surface area contributed by atoms with Gasteiger partial charge in [0.25, 0.3) is 5.56 Å². The maximum atomic E-state index is 11.7. The smallest absolute Gasteiger partial charge is 0.306 e. The minimum absolute atomic E-state index is 0.0928. The molecule has 5 heteroatoms. The number of nitrogens with zero attached hydrogens (tertiary/aromatic N) is 1. The van der Waals surface area contributed by atoms with Crippen molar-refractivity contribution in [2.45, 2.75) is 13.3 Å². The molecule has 1 atom stereocenters. The van der Waals surface area contributed by atoms with Crippen molar-refractivity contribution in [1.29, 1.82) is 0 Å². The standard InChI is InChI=1S/C12H14N2O3/c1-7(12(16)17)6-8-4-3-5-9-10(8)13-14(2)11(9)15/h3-5,7,13H,6H2,1-2H3,(H,16,17). The minimum atomic E-state index is -0.833. The van der Waals surface area contributed by atoms with Crippen LogP contribution in [0.2, 0.25) is 0 Å². The molecule has 0 amide bonds. The van der Waals surface area contributed by atoms with E-state index in [2.05, 4.69) is 5.10 Å². The van der Waals surface area contributed by atoms with Gasteiger partial charge < -0.3 is 5.11 Å². The lowest BCUT2D eigenvalue weighted by Crippen LogP contribution is -2.12. The summed E-state index contributed by atoms with van der Waals surface area (Å²) in [4.78, 5) is 22.6. The van der Waals surface area contributed by atoms with E-state index >= 15 is 0 Å². The van der Waals surface area contributed by atoms with Gasteiger partial charge in [-0.05, 0) is 18.1 Å². The highest BCUT2D eigenvalue weighted by molar-refractivity contribution is 5.82. The lowest BCUT2D eigenvalue weighted by molar-refractivity contribution is -0.141. The van der Waals surface area contributed by atoms with Crippen LogP contribution in [-0.4, -0.2) is 20.9 Å². The highest BCUT2D eigenvalue weighted by Crippen LogP contribution is 2.17. The van der Waals surface area contributed by atoms with Crippen LogP contribution in [0.4, 0.5) is 0 Å². The SMILES string of the molecule is CC(Cc1cccc2c(=O)n(C)[nH]c12)C(=O)O.